The highest BCUT2D eigenvalue weighted by Gasteiger charge is 2.30. The van der Waals surface area contributed by atoms with Crippen molar-refractivity contribution in [2.75, 3.05) is 73.5 Å². The van der Waals surface area contributed by atoms with Crippen LogP contribution in [0.15, 0.2) is 48.5 Å². The number of para-hydroxylation sites is 1. The fraction of sp³-hybridized carbons (Fsp3) is 0.414. The summed E-state index contributed by atoms with van der Waals surface area (Å²) in [4.78, 5) is 31.4. The van der Waals surface area contributed by atoms with Crippen LogP contribution in [0.2, 0.25) is 0 Å². The van der Waals surface area contributed by atoms with Gasteiger partial charge in [-0.3, -0.25) is 9.69 Å². The average Bonchev–Trinajstić information content (AvgIpc) is 3.04. The lowest BCUT2D eigenvalue weighted by atomic mass is 10.0. The molecule has 3 aliphatic rings. The van der Waals surface area contributed by atoms with Crippen molar-refractivity contribution in [3.05, 3.63) is 59.8 Å². The van der Waals surface area contributed by atoms with Crippen LogP contribution in [-0.2, 0) is 4.74 Å². The van der Waals surface area contributed by atoms with Crippen molar-refractivity contribution in [3.63, 3.8) is 0 Å². The van der Waals surface area contributed by atoms with Crippen molar-refractivity contribution in [1.82, 2.24) is 14.9 Å². The number of carbonyl (C=O) groups excluding carboxylic acids is 1. The Labute approximate surface area is 224 Å². The minimum atomic E-state index is -0.0665. The van der Waals surface area contributed by atoms with Gasteiger partial charge >= 0.3 is 0 Å². The molecule has 0 atom stereocenters. The number of amides is 1. The summed E-state index contributed by atoms with van der Waals surface area (Å²) in [7, 11) is 3.72. The molecular formula is C29H35N7O2. The molecule has 0 radical (unpaired) electrons. The van der Waals surface area contributed by atoms with E-state index in [1.54, 1.807) is 11.9 Å². The minimum absolute atomic E-state index is 0.0665. The molecular weight excluding hydrogens is 478 g/mol. The number of carbonyl (C=O) groups is 1. The van der Waals surface area contributed by atoms with E-state index in [9.17, 15) is 4.79 Å². The van der Waals surface area contributed by atoms with Gasteiger partial charge in [-0.2, -0.15) is 4.98 Å². The smallest absolute Gasteiger partial charge is 0.260 e. The van der Waals surface area contributed by atoms with Crippen LogP contribution in [0.25, 0.3) is 0 Å². The molecule has 6 rings (SSSR count). The van der Waals surface area contributed by atoms with Crippen molar-refractivity contribution in [2.24, 2.45) is 0 Å². The normalized spacial score (nSPS) is 18.7. The van der Waals surface area contributed by atoms with Crippen LogP contribution in [0.4, 0.5) is 34.5 Å². The number of hydrogen-bond donors (Lipinski definition) is 1. The molecule has 3 aromatic rings. The van der Waals surface area contributed by atoms with Gasteiger partial charge in [0.05, 0.1) is 30.2 Å². The van der Waals surface area contributed by atoms with E-state index in [-0.39, 0.29) is 5.91 Å². The number of fused-ring (bicyclic) bond motifs is 2. The zero-order chi connectivity index (χ0) is 26.2. The summed E-state index contributed by atoms with van der Waals surface area (Å²) in [6.45, 7) is 7.91. The van der Waals surface area contributed by atoms with Gasteiger partial charge in [-0.1, -0.05) is 12.1 Å². The number of piperidine rings is 1. The Kier molecular flexibility index (Phi) is 6.63. The third kappa shape index (κ3) is 4.56. The van der Waals surface area contributed by atoms with Crippen molar-refractivity contribution in [2.45, 2.75) is 25.8 Å². The van der Waals surface area contributed by atoms with Crippen LogP contribution in [0.1, 0.15) is 28.9 Å². The summed E-state index contributed by atoms with van der Waals surface area (Å²) in [5.41, 5.74) is 5.11. The second-order valence-electron chi connectivity index (χ2n) is 10.3. The Morgan fingerprint density at radius 2 is 1.61 bits per heavy atom. The second-order valence-corrected chi connectivity index (χ2v) is 10.3. The summed E-state index contributed by atoms with van der Waals surface area (Å²) in [6, 6.07) is 16.8. The Bertz CT molecular complexity index is 1320. The van der Waals surface area contributed by atoms with Gasteiger partial charge in [0.2, 0.25) is 5.95 Å². The van der Waals surface area contributed by atoms with Gasteiger partial charge in [-0.25, -0.2) is 4.98 Å². The SMILES string of the molecule is Cc1nc(Nc2ccc(N3CCC(N4CCOCC4)CC3)cc2)nc2c1N(C)C(=O)c1ccccc1N2C. The summed E-state index contributed by atoms with van der Waals surface area (Å²) in [5.74, 6) is 1.14. The number of anilines is 6. The maximum atomic E-state index is 13.2. The minimum Gasteiger partial charge on any atom is -0.379 e. The van der Waals surface area contributed by atoms with Crippen LogP contribution in [0.5, 0.6) is 0 Å². The average molecular weight is 514 g/mol. The lowest BCUT2D eigenvalue weighted by Gasteiger charge is -2.40. The molecule has 2 fully saturated rings. The molecule has 198 valence electrons. The summed E-state index contributed by atoms with van der Waals surface area (Å²) >= 11 is 0. The molecule has 4 heterocycles. The standard InChI is InChI=1S/C29H35N7O2/c1-20-26-27(33(2)25-7-5-4-6-24(25)28(37)34(26)3)32-29(30-20)31-21-8-10-22(11-9-21)35-14-12-23(13-15-35)36-16-18-38-19-17-36/h4-11,23H,12-19H2,1-3H3,(H,30,31,32). The van der Waals surface area contributed by atoms with E-state index >= 15 is 0 Å². The van der Waals surface area contributed by atoms with E-state index in [4.69, 9.17) is 14.7 Å². The summed E-state index contributed by atoms with van der Waals surface area (Å²) in [6.07, 6.45) is 2.38. The van der Waals surface area contributed by atoms with Crippen LogP contribution in [-0.4, -0.2) is 80.3 Å². The molecule has 9 heteroatoms. The molecule has 0 spiro atoms. The Morgan fingerprint density at radius 3 is 2.34 bits per heavy atom. The number of hydrogen-bond acceptors (Lipinski definition) is 8. The zero-order valence-electron chi connectivity index (χ0n) is 22.4. The Hall–Kier alpha value is -3.69. The molecule has 1 N–H and O–H groups in total. The first-order valence-electron chi connectivity index (χ1n) is 13.4. The van der Waals surface area contributed by atoms with E-state index in [1.165, 1.54) is 18.5 Å². The predicted octanol–water partition coefficient (Wildman–Crippen LogP) is 4.19. The third-order valence-electron chi connectivity index (χ3n) is 8.01. The number of benzene rings is 2. The summed E-state index contributed by atoms with van der Waals surface area (Å²) < 4.78 is 5.52. The molecule has 2 aromatic carbocycles. The fourth-order valence-electron chi connectivity index (χ4n) is 5.89. The van der Waals surface area contributed by atoms with Crippen molar-refractivity contribution in [1.29, 1.82) is 0 Å². The number of aromatic nitrogens is 2. The number of ether oxygens (including phenoxy) is 1. The molecule has 0 bridgehead atoms. The van der Waals surface area contributed by atoms with Crippen LogP contribution >= 0.6 is 0 Å². The van der Waals surface area contributed by atoms with Gasteiger partial charge in [-0.15, -0.1) is 0 Å². The van der Waals surface area contributed by atoms with E-state index in [0.29, 0.717) is 23.4 Å². The molecule has 1 aromatic heterocycles. The highest BCUT2D eigenvalue weighted by Crippen LogP contribution is 2.40. The molecule has 0 aliphatic carbocycles. The van der Waals surface area contributed by atoms with Crippen molar-refractivity contribution in [3.8, 4) is 0 Å². The molecule has 3 aliphatic heterocycles. The van der Waals surface area contributed by atoms with Crippen molar-refractivity contribution < 1.29 is 9.53 Å². The quantitative estimate of drug-likeness (QED) is 0.557. The second kappa shape index (κ2) is 10.2. The first-order valence-corrected chi connectivity index (χ1v) is 13.4. The van der Waals surface area contributed by atoms with Crippen LogP contribution < -0.4 is 20.0 Å². The van der Waals surface area contributed by atoms with Crippen LogP contribution in [0, 0.1) is 6.92 Å². The maximum Gasteiger partial charge on any atom is 0.260 e. The maximum absolute atomic E-state index is 13.2. The summed E-state index contributed by atoms with van der Waals surface area (Å²) in [5, 5.41) is 3.38. The third-order valence-corrected chi connectivity index (χ3v) is 8.01. The zero-order valence-corrected chi connectivity index (χ0v) is 22.4. The monoisotopic (exact) mass is 513 g/mol. The van der Waals surface area contributed by atoms with Gasteiger partial charge < -0.3 is 24.8 Å². The van der Waals surface area contributed by atoms with Gasteiger partial charge in [0.1, 0.15) is 5.69 Å². The molecule has 0 unspecified atom stereocenters. The molecule has 2 saturated heterocycles. The topological polar surface area (TPSA) is 77.1 Å². The van der Waals surface area contributed by atoms with Gasteiger partial charge in [0, 0.05) is 57.7 Å². The first-order chi connectivity index (χ1) is 18.5. The first kappa shape index (κ1) is 24.6. The van der Waals surface area contributed by atoms with E-state index in [0.717, 1.165) is 62.1 Å². The fourth-order valence-corrected chi connectivity index (χ4v) is 5.89. The number of aryl methyl sites for hydroxylation is 1. The van der Waals surface area contributed by atoms with Crippen molar-refractivity contribution >= 4 is 40.4 Å². The molecule has 0 saturated carbocycles. The largest absolute Gasteiger partial charge is 0.379 e. The highest BCUT2D eigenvalue weighted by molar-refractivity contribution is 6.13. The Morgan fingerprint density at radius 1 is 0.895 bits per heavy atom. The van der Waals surface area contributed by atoms with Gasteiger partial charge in [0.15, 0.2) is 5.82 Å². The van der Waals surface area contributed by atoms with E-state index in [2.05, 4.69) is 39.4 Å². The molecule has 1 amide bonds. The molecule has 38 heavy (non-hydrogen) atoms. The van der Waals surface area contributed by atoms with Crippen LogP contribution in [0.3, 0.4) is 0 Å². The Balaban J connectivity index is 1.17. The van der Waals surface area contributed by atoms with E-state index in [1.807, 2.05) is 43.1 Å². The lowest BCUT2D eigenvalue weighted by molar-refractivity contribution is 0.0115. The highest BCUT2D eigenvalue weighted by atomic mass is 16.5. The number of rotatable bonds is 4. The molecule has 9 nitrogen and oxygen atoms in total. The number of morpholine rings is 1. The lowest BCUT2D eigenvalue weighted by Crippen LogP contribution is -2.49. The van der Waals surface area contributed by atoms with Gasteiger partial charge in [-0.05, 0) is 56.2 Å². The van der Waals surface area contributed by atoms with Gasteiger partial charge in [0.25, 0.3) is 5.91 Å². The number of nitrogens with zero attached hydrogens (tertiary/aromatic N) is 6. The number of nitrogens with one attached hydrogen (secondary N) is 1. The van der Waals surface area contributed by atoms with E-state index < -0.39 is 0 Å². The predicted molar refractivity (Wildman–Crippen MR) is 151 cm³/mol.